The van der Waals surface area contributed by atoms with Crippen LogP contribution in [0.2, 0.25) is 0 Å². The van der Waals surface area contributed by atoms with Crippen LogP contribution in [0, 0.1) is 10.1 Å². The van der Waals surface area contributed by atoms with Crippen LogP contribution in [0.4, 0.5) is 16.2 Å². The first-order valence-electron chi connectivity index (χ1n) is 6.96. The molecule has 0 aliphatic heterocycles. The summed E-state index contributed by atoms with van der Waals surface area (Å²) < 4.78 is 5.19. The Hall–Kier alpha value is -2.93. The van der Waals surface area contributed by atoms with Crippen LogP contribution in [-0.4, -0.2) is 29.3 Å². The van der Waals surface area contributed by atoms with E-state index in [9.17, 15) is 14.9 Å². The van der Waals surface area contributed by atoms with Crippen molar-refractivity contribution < 1.29 is 19.6 Å². The quantitative estimate of drug-likeness (QED) is 0.653. The number of aliphatic hydroxyl groups is 1. The zero-order valence-corrected chi connectivity index (χ0v) is 12.3. The van der Waals surface area contributed by atoms with Gasteiger partial charge in [0.15, 0.2) is 0 Å². The van der Waals surface area contributed by atoms with Crippen molar-refractivity contribution in [1.82, 2.24) is 0 Å². The van der Waals surface area contributed by atoms with Gasteiger partial charge in [-0.1, -0.05) is 42.5 Å². The van der Waals surface area contributed by atoms with E-state index in [4.69, 9.17) is 9.84 Å². The highest BCUT2D eigenvalue weighted by atomic mass is 16.6. The number of nitro groups is 1. The Morgan fingerprint density at radius 3 is 2.43 bits per heavy atom. The van der Waals surface area contributed by atoms with Gasteiger partial charge in [0.05, 0.1) is 18.1 Å². The van der Waals surface area contributed by atoms with Crippen molar-refractivity contribution >= 4 is 17.5 Å². The van der Waals surface area contributed by atoms with Crippen molar-refractivity contribution in [3.8, 4) is 0 Å². The molecular weight excluding hydrogens is 300 g/mol. The number of carbonyl (C=O) groups is 1. The molecule has 0 unspecified atom stereocenters. The lowest BCUT2D eigenvalue weighted by atomic mass is 10.2. The predicted octanol–water partition coefficient (Wildman–Crippen LogP) is 2.73. The third-order valence-corrected chi connectivity index (χ3v) is 3.12. The van der Waals surface area contributed by atoms with Gasteiger partial charge in [-0.05, 0) is 11.6 Å². The van der Waals surface area contributed by atoms with Crippen molar-refractivity contribution in [1.29, 1.82) is 0 Å². The third-order valence-electron chi connectivity index (χ3n) is 3.12. The topological polar surface area (TPSA) is 92.9 Å². The van der Waals surface area contributed by atoms with Crippen LogP contribution in [0.25, 0.3) is 0 Å². The van der Waals surface area contributed by atoms with Gasteiger partial charge in [0.2, 0.25) is 0 Å². The van der Waals surface area contributed by atoms with Crippen molar-refractivity contribution in [2.75, 3.05) is 18.1 Å². The molecule has 0 aliphatic rings. The average molecular weight is 316 g/mol. The van der Waals surface area contributed by atoms with Gasteiger partial charge in [0.25, 0.3) is 5.69 Å². The molecule has 7 nitrogen and oxygen atoms in total. The van der Waals surface area contributed by atoms with E-state index in [2.05, 4.69) is 0 Å². The lowest BCUT2D eigenvalue weighted by Gasteiger charge is -2.21. The second-order valence-corrected chi connectivity index (χ2v) is 4.66. The highest BCUT2D eigenvalue weighted by Crippen LogP contribution is 2.28. The molecule has 0 radical (unpaired) electrons. The van der Waals surface area contributed by atoms with Crippen LogP contribution in [-0.2, 0) is 11.3 Å². The summed E-state index contributed by atoms with van der Waals surface area (Å²) in [4.78, 5) is 23.8. The van der Waals surface area contributed by atoms with Crippen molar-refractivity contribution in [2.45, 2.75) is 6.61 Å². The minimum absolute atomic E-state index is 0.0439. The summed E-state index contributed by atoms with van der Waals surface area (Å²) in [6.45, 7) is -0.396. The fourth-order valence-corrected chi connectivity index (χ4v) is 2.05. The monoisotopic (exact) mass is 316 g/mol. The zero-order chi connectivity index (χ0) is 16.7. The number of ether oxygens (including phenoxy) is 1. The number of para-hydroxylation sites is 2. The second kappa shape index (κ2) is 7.90. The van der Waals surface area contributed by atoms with E-state index in [1.54, 1.807) is 18.2 Å². The number of rotatable bonds is 6. The van der Waals surface area contributed by atoms with Gasteiger partial charge in [-0.25, -0.2) is 4.79 Å². The van der Waals surface area contributed by atoms with E-state index >= 15 is 0 Å². The maximum absolute atomic E-state index is 12.3. The number of aliphatic hydroxyl groups excluding tert-OH is 1. The molecule has 0 bridgehead atoms. The van der Waals surface area contributed by atoms with Gasteiger partial charge >= 0.3 is 6.09 Å². The van der Waals surface area contributed by atoms with Crippen LogP contribution in [0.1, 0.15) is 5.56 Å². The van der Waals surface area contributed by atoms with Crippen LogP contribution >= 0.6 is 0 Å². The van der Waals surface area contributed by atoms with Crippen molar-refractivity contribution in [3.63, 3.8) is 0 Å². The Morgan fingerprint density at radius 2 is 1.78 bits per heavy atom. The first-order valence-corrected chi connectivity index (χ1v) is 6.96. The molecule has 1 amide bonds. The molecule has 2 aromatic rings. The predicted molar refractivity (Wildman–Crippen MR) is 84.2 cm³/mol. The maximum atomic E-state index is 12.3. The van der Waals surface area contributed by atoms with Gasteiger partial charge in [0.1, 0.15) is 12.3 Å². The molecule has 0 saturated heterocycles. The minimum atomic E-state index is -0.753. The van der Waals surface area contributed by atoms with Crippen LogP contribution < -0.4 is 4.90 Å². The summed E-state index contributed by atoms with van der Waals surface area (Å²) in [7, 11) is 0. The summed E-state index contributed by atoms with van der Waals surface area (Å²) in [6, 6.07) is 14.9. The lowest BCUT2D eigenvalue weighted by molar-refractivity contribution is -0.384. The normalized spacial score (nSPS) is 10.1. The van der Waals surface area contributed by atoms with Crippen molar-refractivity contribution in [3.05, 3.63) is 70.3 Å². The summed E-state index contributed by atoms with van der Waals surface area (Å²) in [6.07, 6.45) is -0.753. The van der Waals surface area contributed by atoms with Gasteiger partial charge in [-0.2, -0.15) is 0 Å². The molecule has 23 heavy (non-hydrogen) atoms. The van der Waals surface area contributed by atoms with E-state index in [1.165, 1.54) is 18.2 Å². The summed E-state index contributed by atoms with van der Waals surface area (Å²) in [5.41, 5.74) is 0.662. The van der Waals surface area contributed by atoms with Crippen LogP contribution in [0.15, 0.2) is 54.6 Å². The summed E-state index contributed by atoms with van der Waals surface area (Å²) in [5, 5.41) is 20.2. The number of nitrogens with zero attached hydrogens (tertiary/aromatic N) is 2. The van der Waals surface area contributed by atoms with Gasteiger partial charge in [-0.3, -0.25) is 15.0 Å². The van der Waals surface area contributed by atoms with Gasteiger partial charge in [0, 0.05) is 6.07 Å². The zero-order valence-electron chi connectivity index (χ0n) is 12.3. The number of nitro benzene ring substituents is 1. The van der Waals surface area contributed by atoms with E-state index in [1.807, 2.05) is 18.2 Å². The SMILES string of the molecule is O=C(OCc1ccccc1)N(CCO)c1ccccc1[N+](=O)[O-]. The molecular formula is C16H16N2O5. The fraction of sp³-hybridized carbons (Fsp3) is 0.188. The third kappa shape index (κ3) is 4.27. The minimum Gasteiger partial charge on any atom is -0.444 e. The first kappa shape index (κ1) is 16.4. The number of hydrogen-bond donors (Lipinski definition) is 1. The molecule has 0 fully saturated rings. The fourth-order valence-electron chi connectivity index (χ4n) is 2.05. The Balaban J connectivity index is 2.17. The number of amides is 1. The van der Waals surface area contributed by atoms with Crippen LogP contribution in [0.3, 0.4) is 0 Å². The van der Waals surface area contributed by atoms with E-state index in [-0.39, 0.29) is 31.1 Å². The molecule has 2 aromatic carbocycles. The molecule has 2 rings (SSSR count). The van der Waals surface area contributed by atoms with E-state index < -0.39 is 11.0 Å². The Kier molecular flexibility index (Phi) is 5.65. The highest BCUT2D eigenvalue weighted by Gasteiger charge is 2.24. The standard InChI is InChI=1S/C16H16N2O5/c19-11-10-17(14-8-4-5-9-15(14)18(21)22)16(20)23-12-13-6-2-1-3-7-13/h1-9,19H,10-12H2. The Morgan fingerprint density at radius 1 is 1.13 bits per heavy atom. The first-order chi connectivity index (χ1) is 11.1. The molecule has 1 N–H and O–H groups in total. The molecule has 0 aliphatic carbocycles. The number of carbonyl (C=O) groups excluding carboxylic acids is 1. The molecule has 0 heterocycles. The molecule has 0 spiro atoms. The van der Waals surface area contributed by atoms with Crippen LogP contribution in [0.5, 0.6) is 0 Å². The average Bonchev–Trinajstić information content (AvgIpc) is 2.58. The van der Waals surface area contributed by atoms with Crippen molar-refractivity contribution in [2.24, 2.45) is 0 Å². The van der Waals surface area contributed by atoms with E-state index in [0.717, 1.165) is 10.5 Å². The highest BCUT2D eigenvalue weighted by molar-refractivity contribution is 5.90. The Labute approximate surface area is 132 Å². The Bertz CT molecular complexity index is 675. The summed E-state index contributed by atoms with van der Waals surface area (Å²) >= 11 is 0. The van der Waals surface area contributed by atoms with Gasteiger partial charge in [-0.15, -0.1) is 0 Å². The maximum Gasteiger partial charge on any atom is 0.414 e. The molecule has 7 heteroatoms. The van der Waals surface area contributed by atoms with E-state index in [0.29, 0.717) is 0 Å². The largest absolute Gasteiger partial charge is 0.444 e. The van der Waals surface area contributed by atoms with Gasteiger partial charge < -0.3 is 9.84 Å². The second-order valence-electron chi connectivity index (χ2n) is 4.66. The molecule has 0 aromatic heterocycles. The molecule has 0 atom stereocenters. The number of anilines is 1. The smallest absolute Gasteiger partial charge is 0.414 e. The molecule has 0 saturated carbocycles. The summed E-state index contributed by atoms with van der Waals surface area (Å²) in [5.74, 6) is 0. The molecule has 120 valence electrons. The lowest BCUT2D eigenvalue weighted by Crippen LogP contribution is -2.34. The number of hydrogen-bond acceptors (Lipinski definition) is 5. The number of benzene rings is 2.